The number of H-pyrrole nitrogens is 2. The highest BCUT2D eigenvalue weighted by molar-refractivity contribution is 7.90. The summed E-state index contributed by atoms with van der Waals surface area (Å²) >= 11 is 0. The number of carboxylic acids is 3. The molecular formula is C88H120N22O24S2. The van der Waals surface area contributed by atoms with Crippen LogP contribution in [0.5, 0.6) is 11.5 Å². The van der Waals surface area contributed by atoms with Crippen molar-refractivity contribution in [3.8, 4) is 11.5 Å². The molecule has 5 atom stereocenters. The number of unbranched alkanes of at least 4 members (excludes halogenated alkanes) is 2. The first-order valence-electron chi connectivity index (χ1n) is 44.3. The fourth-order valence-electron chi connectivity index (χ4n) is 14.2. The van der Waals surface area contributed by atoms with Crippen LogP contribution in [-0.4, -0.2) is 263 Å². The van der Waals surface area contributed by atoms with Gasteiger partial charge in [-0.2, -0.15) is 19.6 Å². The second kappa shape index (κ2) is 53.1. The van der Waals surface area contributed by atoms with Gasteiger partial charge >= 0.3 is 24.0 Å². The minimum Gasteiger partial charge on any atom is -0.494 e. The van der Waals surface area contributed by atoms with Gasteiger partial charge in [0.05, 0.1) is 52.5 Å². The van der Waals surface area contributed by atoms with Crippen LogP contribution in [0, 0.1) is 27.7 Å². The fourth-order valence-corrected chi connectivity index (χ4v) is 17.5. The molecule has 738 valence electrons. The minimum absolute atomic E-state index is 0.0199. The van der Waals surface area contributed by atoms with E-state index < -0.39 is 178 Å². The van der Waals surface area contributed by atoms with E-state index >= 15 is 0 Å². The summed E-state index contributed by atoms with van der Waals surface area (Å²) in [5, 5.41) is 71.4. The van der Waals surface area contributed by atoms with E-state index in [1.54, 1.807) is 104 Å². The SMILES string of the molecule is Cc1cc(OCCCC(=O)NCCNC(=O)CCC(NC(=O)[C@H](CCC(=O)O)NC(=O)[C@@H](CCC(=O)O)NC(=O)CCCCCNC(=O)OC(C)(C)C)C(=O)NCCNC(=O)CCCOc2cc(C)c(S(=O)(=O)N[C@@H](C=O)CNC(=O)c3ccc4c(cnn4CCCNc4ncc[nH]4)c3)c(C)c2)cc(C)c1S(=O)(=O)N[C@@H](CNC(=O)c1ccc2c(cnn2CCCNc2ncc[nH]2)c1)C(=O)O. The molecule has 8 aromatic rings. The molecule has 0 aliphatic carbocycles. The summed E-state index contributed by atoms with van der Waals surface area (Å²) in [6, 6.07) is 7.57. The summed E-state index contributed by atoms with van der Waals surface area (Å²) in [7, 11) is -8.89. The zero-order valence-corrected chi connectivity index (χ0v) is 78.3. The van der Waals surface area contributed by atoms with E-state index in [2.05, 4.69) is 103 Å². The smallest absolute Gasteiger partial charge is 0.407 e. The number of sulfonamides is 2. The Bertz CT molecular complexity index is 5660. The van der Waals surface area contributed by atoms with Crippen molar-refractivity contribution < 1.29 is 113 Å². The number of nitrogens with zero attached hydrogens (tertiary/aromatic N) is 6. The predicted octanol–water partition coefficient (Wildman–Crippen LogP) is 3.04. The Labute approximate surface area is 784 Å². The van der Waals surface area contributed by atoms with Crippen LogP contribution in [0.25, 0.3) is 21.8 Å². The van der Waals surface area contributed by atoms with E-state index in [1.807, 2.05) is 0 Å². The van der Waals surface area contributed by atoms with Gasteiger partial charge in [-0.05, 0) is 189 Å². The average molecular weight is 1930 g/mol. The number of carboxylic acid groups (broad SMARTS) is 3. The fraction of sp³-hybridized carbons (Fsp3) is 0.477. The number of imidazole rings is 2. The minimum atomic E-state index is -4.52. The topological polar surface area (TPSA) is 657 Å². The van der Waals surface area contributed by atoms with Gasteiger partial charge in [0, 0.05) is 157 Å². The number of aldehydes is 1. The van der Waals surface area contributed by atoms with Gasteiger partial charge in [0.1, 0.15) is 47.6 Å². The maximum atomic E-state index is 14.2. The van der Waals surface area contributed by atoms with Crippen LogP contribution in [0.3, 0.4) is 0 Å². The van der Waals surface area contributed by atoms with Crippen LogP contribution >= 0.6 is 0 Å². The largest absolute Gasteiger partial charge is 0.494 e. The number of carbonyl (C=O) groups excluding carboxylic acids is 11. The monoisotopic (exact) mass is 1930 g/mol. The zero-order valence-electron chi connectivity index (χ0n) is 76.6. The van der Waals surface area contributed by atoms with Gasteiger partial charge in [-0.1, -0.05) is 6.42 Å². The van der Waals surface area contributed by atoms with Crippen molar-refractivity contribution in [2.75, 3.05) is 82.8 Å². The van der Waals surface area contributed by atoms with Crippen molar-refractivity contribution in [2.24, 2.45) is 0 Å². The van der Waals surface area contributed by atoms with E-state index in [4.69, 9.17) is 14.2 Å². The first-order valence-corrected chi connectivity index (χ1v) is 47.2. The number of amides is 10. The molecule has 0 saturated carbocycles. The number of aryl methyl sites for hydroxylation is 6. The maximum Gasteiger partial charge on any atom is 0.407 e. The van der Waals surface area contributed by atoms with E-state index in [9.17, 15) is 99.3 Å². The number of nitrogens with one attached hydrogen (secondary N) is 16. The first kappa shape index (κ1) is 107. The molecule has 4 aromatic heterocycles. The molecule has 1 unspecified atom stereocenters. The summed E-state index contributed by atoms with van der Waals surface area (Å²) in [5.41, 5.74) is 2.17. The number of aliphatic carboxylic acids is 3. The number of benzene rings is 4. The first-order chi connectivity index (χ1) is 64.7. The molecule has 4 heterocycles. The molecule has 136 heavy (non-hydrogen) atoms. The molecular weight excluding hydrogens is 1810 g/mol. The number of hydrogen-bond donors (Lipinski definition) is 19. The average Bonchev–Trinajstić information content (AvgIpc) is 0.834. The van der Waals surface area contributed by atoms with E-state index in [1.165, 1.54) is 52.0 Å². The van der Waals surface area contributed by atoms with Crippen LogP contribution in [0.1, 0.15) is 166 Å². The molecule has 0 aliphatic rings. The van der Waals surface area contributed by atoms with Gasteiger partial charge in [-0.25, -0.2) is 31.6 Å². The van der Waals surface area contributed by atoms with Gasteiger partial charge in [-0.15, -0.1) is 0 Å². The molecule has 0 spiro atoms. The maximum absolute atomic E-state index is 14.2. The van der Waals surface area contributed by atoms with Gasteiger partial charge in [-0.3, -0.25) is 66.9 Å². The van der Waals surface area contributed by atoms with Crippen molar-refractivity contribution >= 4 is 137 Å². The van der Waals surface area contributed by atoms with Crippen molar-refractivity contribution in [3.63, 3.8) is 0 Å². The molecule has 48 heteroatoms. The number of alkyl carbamates (subject to hydrolysis) is 1. The van der Waals surface area contributed by atoms with Crippen LogP contribution in [0.2, 0.25) is 0 Å². The number of aromatic nitrogens is 8. The molecule has 0 bridgehead atoms. The third kappa shape index (κ3) is 36.0. The number of rotatable bonds is 61. The quantitative estimate of drug-likeness (QED) is 0.0192. The lowest BCUT2D eigenvalue weighted by molar-refractivity contribution is -0.140. The number of aromatic amines is 2. The van der Waals surface area contributed by atoms with Crippen molar-refractivity contribution in [1.82, 2.24) is 102 Å². The standard InChI is InChI=1S/C88H120N22O24S2/c1-54-43-63(44-55(2)77(54)135(128,129)107-62(53-111)51-100-79(120)58-18-23-69-60(47-58)49-102-109(69)39-13-29-93-85-95-35-36-96-85)132-42-12-17-72(113)90-33-34-92-81(122)65(105-83(124)67(22-27-76(118)119)106-82(123)66(21-26-75(116)117)104-74(115)15-9-8-10-28-99-87(127)134-88(5,6)7)20-25-73(114)91-32-31-89-71(112)16-11-41-133-64-45-56(3)78(57(4)46-64)136(130,131)108-68(84(125)126)52-101-80(121)59-19-24-70-61(48-59)50-103-110(70)40-14-30-94-86-97-37-38-98-86/h18-19,23-24,35-38,43-50,53,62,65-68,107-108H,8-17,20-22,25-34,39-42,51-52H2,1-7H3,(H,89,112)(H,90,113)(H,91,114)(H,92,122)(H,99,127)(H,100,120)(H,101,121)(H,104,115)(H,105,124)(H,106,123)(H,116,117)(H,118,119)(H,125,126)(H2,93,95,96)(H2,94,97,98)/t62-,65?,66-,67+,68+/m1/s1. The lowest BCUT2D eigenvalue weighted by Crippen LogP contribution is -2.57. The molecule has 46 nitrogen and oxygen atoms in total. The highest BCUT2D eigenvalue weighted by Gasteiger charge is 2.34. The Balaban J connectivity index is 0.793. The summed E-state index contributed by atoms with van der Waals surface area (Å²) in [4.78, 5) is 196. The van der Waals surface area contributed by atoms with Crippen molar-refractivity contribution in [2.45, 2.75) is 210 Å². The lowest BCUT2D eigenvalue weighted by Gasteiger charge is -2.25. The molecule has 10 amide bonds. The Morgan fingerprint density at radius 1 is 0.456 bits per heavy atom. The number of fused-ring (bicyclic) bond motifs is 2. The highest BCUT2D eigenvalue weighted by atomic mass is 32.2. The number of carbonyl (C=O) groups is 14. The normalized spacial score (nSPS) is 12.6. The van der Waals surface area contributed by atoms with Gasteiger partial charge in [0.25, 0.3) is 11.8 Å². The summed E-state index contributed by atoms with van der Waals surface area (Å²) in [6.45, 7) is 12.1. The van der Waals surface area contributed by atoms with Crippen LogP contribution in [0.15, 0.2) is 108 Å². The Kier molecular flexibility index (Phi) is 41.8. The molecule has 0 aliphatic heterocycles. The molecule has 19 N–H and O–H groups in total. The van der Waals surface area contributed by atoms with Crippen molar-refractivity contribution in [1.29, 1.82) is 0 Å². The highest BCUT2D eigenvalue weighted by Crippen LogP contribution is 2.29. The van der Waals surface area contributed by atoms with E-state index in [-0.39, 0.29) is 146 Å². The second-order valence-electron chi connectivity index (χ2n) is 32.9. The molecule has 8 rings (SSSR count). The molecule has 0 saturated heterocycles. The van der Waals surface area contributed by atoms with Crippen molar-refractivity contribution in [3.05, 3.63) is 131 Å². The van der Waals surface area contributed by atoms with E-state index in [0.29, 0.717) is 74.4 Å². The summed E-state index contributed by atoms with van der Waals surface area (Å²) in [5.74, 6) is -9.12. The summed E-state index contributed by atoms with van der Waals surface area (Å²) < 4.78 is 80.3. The Morgan fingerprint density at radius 2 is 0.890 bits per heavy atom. The molecule has 4 aromatic carbocycles. The third-order valence-electron chi connectivity index (χ3n) is 20.7. The Hall–Kier alpha value is -14.2. The van der Waals surface area contributed by atoms with Gasteiger partial charge in [0.15, 0.2) is 11.9 Å². The van der Waals surface area contributed by atoms with Gasteiger partial charge < -0.3 is 108 Å². The third-order valence-corrected chi connectivity index (χ3v) is 24.2. The zero-order chi connectivity index (χ0) is 99.1. The number of anilines is 2. The van der Waals surface area contributed by atoms with Crippen LogP contribution in [0.4, 0.5) is 16.7 Å². The van der Waals surface area contributed by atoms with Gasteiger partial charge in [0.2, 0.25) is 61.4 Å². The molecule has 0 fully saturated rings. The summed E-state index contributed by atoms with van der Waals surface area (Å²) in [6.07, 6.45) is 8.95. The lowest BCUT2D eigenvalue weighted by atomic mass is 10.1. The van der Waals surface area contributed by atoms with Crippen LogP contribution < -0.4 is 82.7 Å². The molecule has 0 radical (unpaired) electrons. The predicted molar refractivity (Wildman–Crippen MR) is 494 cm³/mol. The number of hydrogen-bond acceptors (Lipinski definition) is 27. The second-order valence-corrected chi connectivity index (χ2v) is 36.2. The number of ether oxygens (including phenoxy) is 3. The van der Waals surface area contributed by atoms with E-state index in [0.717, 1.165) is 17.5 Å². The van der Waals surface area contributed by atoms with Crippen LogP contribution in [-0.2, 0) is 90.6 Å². The Morgan fingerprint density at radius 3 is 1.34 bits per heavy atom.